The average Bonchev–Trinajstić information content (AvgIpc) is 3.32. The summed E-state index contributed by atoms with van der Waals surface area (Å²) in [4.78, 5) is 25.3. The van der Waals surface area contributed by atoms with Gasteiger partial charge in [-0.05, 0) is 30.3 Å². The Morgan fingerprint density at radius 3 is 2.09 bits per heavy atom. The highest BCUT2D eigenvalue weighted by molar-refractivity contribution is 6.33. The molecule has 32 heavy (non-hydrogen) atoms. The second-order valence-electron chi connectivity index (χ2n) is 6.96. The standard InChI is InChI=1S/C23H15ClN4O4/c1-32-19-11-18(28-21(30)12-6-2-3-7-13(12)22(28)31)15(24)10-14(19)20(29)27-23-25-16-8-4-5-9-17(16)26-23/h2-11,30-31H,1H3. The van der Waals surface area contributed by atoms with Crippen LogP contribution in [0.1, 0.15) is 10.4 Å². The van der Waals surface area contributed by atoms with E-state index in [1.807, 2.05) is 12.1 Å². The number of amides is 1. The quantitative estimate of drug-likeness (QED) is 0.503. The molecule has 0 aliphatic carbocycles. The van der Waals surface area contributed by atoms with Crippen molar-refractivity contribution in [3.05, 3.63) is 82.0 Å². The zero-order valence-corrected chi connectivity index (χ0v) is 17.4. The van der Waals surface area contributed by atoms with Crippen LogP contribution in [-0.4, -0.2) is 33.8 Å². The molecule has 2 N–H and O–H groups in total. The third-order valence-corrected chi connectivity index (χ3v) is 5.40. The van der Waals surface area contributed by atoms with Gasteiger partial charge < -0.3 is 14.9 Å². The van der Waals surface area contributed by atoms with Crippen LogP contribution in [0.2, 0.25) is 5.02 Å². The summed E-state index contributed by atoms with van der Waals surface area (Å²) in [6, 6.07) is 16.8. The highest BCUT2D eigenvalue weighted by atomic mass is 35.5. The first-order valence-electron chi connectivity index (χ1n) is 9.52. The number of aromatic nitrogens is 1. The Kier molecular flexibility index (Phi) is 4.64. The van der Waals surface area contributed by atoms with E-state index in [-0.39, 0.29) is 39.7 Å². The number of para-hydroxylation sites is 2. The van der Waals surface area contributed by atoms with Crippen molar-refractivity contribution in [3.8, 4) is 23.2 Å². The van der Waals surface area contributed by atoms with Gasteiger partial charge in [0.25, 0.3) is 11.9 Å². The lowest BCUT2D eigenvalue weighted by Gasteiger charge is -2.13. The highest BCUT2D eigenvalue weighted by Gasteiger charge is 2.23. The zero-order chi connectivity index (χ0) is 22.4. The number of hydrogen-bond donors (Lipinski definition) is 2. The van der Waals surface area contributed by atoms with Crippen LogP contribution in [0.25, 0.3) is 16.5 Å². The number of rotatable bonds is 3. The number of benzene rings is 3. The van der Waals surface area contributed by atoms with E-state index in [2.05, 4.69) is 15.0 Å². The van der Waals surface area contributed by atoms with E-state index in [9.17, 15) is 15.0 Å². The first kappa shape index (κ1) is 19.8. The molecule has 1 amide bonds. The predicted octanol–water partition coefficient (Wildman–Crippen LogP) is 3.15. The minimum Gasteiger partial charge on any atom is -0.496 e. The van der Waals surface area contributed by atoms with Crippen molar-refractivity contribution >= 4 is 34.2 Å². The summed E-state index contributed by atoms with van der Waals surface area (Å²) >= 11 is 6.45. The highest BCUT2D eigenvalue weighted by Crippen LogP contribution is 2.42. The summed E-state index contributed by atoms with van der Waals surface area (Å²) in [7, 11) is 1.39. The molecule has 1 aliphatic heterocycles. The fourth-order valence-electron chi connectivity index (χ4n) is 3.59. The second-order valence-corrected chi connectivity index (χ2v) is 7.37. The Bertz CT molecular complexity index is 1500. The van der Waals surface area contributed by atoms with E-state index in [1.54, 1.807) is 36.4 Å². The third kappa shape index (κ3) is 3.09. The molecule has 3 aromatic carbocycles. The molecule has 0 fully saturated rings. The van der Waals surface area contributed by atoms with Gasteiger partial charge in [-0.25, -0.2) is 14.6 Å². The second kappa shape index (κ2) is 7.51. The zero-order valence-electron chi connectivity index (χ0n) is 16.7. The molecule has 2 heterocycles. The topological polar surface area (TPSA) is 109 Å². The van der Waals surface area contributed by atoms with Gasteiger partial charge in [0.1, 0.15) is 5.75 Å². The van der Waals surface area contributed by atoms with Crippen LogP contribution in [0.5, 0.6) is 17.5 Å². The van der Waals surface area contributed by atoms with Crippen LogP contribution in [0.3, 0.4) is 0 Å². The maximum absolute atomic E-state index is 12.9. The van der Waals surface area contributed by atoms with Crippen molar-refractivity contribution in [2.75, 3.05) is 7.11 Å². The van der Waals surface area contributed by atoms with Gasteiger partial charge in [-0.15, -0.1) is 0 Å². The van der Waals surface area contributed by atoms with E-state index in [1.165, 1.54) is 23.8 Å². The van der Waals surface area contributed by atoms with Gasteiger partial charge >= 0.3 is 0 Å². The molecule has 0 atom stereocenters. The van der Waals surface area contributed by atoms with Gasteiger partial charge in [0.15, 0.2) is 0 Å². The molecular weight excluding hydrogens is 432 g/mol. The van der Waals surface area contributed by atoms with Crippen molar-refractivity contribution in [1.82, 2.24) is 4.57 Å². The Morgan fingerprint density at radius 2 is 1.53 bits per heavy atom. The smallest absolute Gasteiger partial charge is 0.284 e. The van der Waals surface area contributed by atoms with E-state index < -0.39 is 5.91 Å². The van der Waals surface area contributed by atoms with Gasteiger partial charge in [0.05, 0.1) is 34.1 Å². The van der Waals surface area contributed by atoms with Crippen molar-refractivity contribution in [3.63, 3.8) is 0 Å². The van der Waals surface area contributed by atoms with Crippen LogP contribution in [0.15, 0.2) is 75.6 Å². The van der Waals surface area contributed by atoms with Gasteiger partial charge in [-0.2, -0.15) is 4.99 Å². The number of methoxy groups -OCH3 is 1. The SMILES string of the molecule is COc1cc(-n2c(O)c3ccccc3c2O)c(Cl)cc1C(=O)N=C1N=c2ccccc2=N1. The fraction of sp³-hybridized carbons (Fsp3) is 0.0435. The fourth-order valence-corrected chi connectivity index (χ4v) is 3.84. The van der Waals surface area contributed by atoms with Crippen molar-refractivity contribution in [2.24, 2.45) is 15.0 Å². The van der Waals surface area contributed by atoms with Gasteiger partial charge in [0, 0.05) is 16.8 Å². The number of aliphatic imine (C=N–C) groups is 1. The summed E-state index contributed by atoms with van der Waals surface area (Å²) < 4.78 is 6.57. The molecule has 0 saturated heterocycles. The molecule has 5 rings (SSSR count). The van der Waals surface area contributed by atoms with Gasteiger partial charge in [-0.3, -0.25) is 4.79 Å². The number of aromatic hydroxyl groups is 2. The molecule has 158 valence electrons. The molecule has 1 aliphatic rings. The summed E-state index contributed by atoms with van der Waals surface area (Å²) in [6.07, 6.45) is 0. The van der Waals surface area contributed by atoms with Crippen molar-refractivity contribution in [1.29, 1.82) is 0 Å². The maximum Gasteiger partial charge on any atom is 0.284 e. The summed E-state index contributed by atoms with van der Waals surface area (Å²) in [6.45, 7) is 0. The maximum atomic E-state index is 12.9. The number of fused-ring (bicyclic) bond motifs is 2. The Morgan fingerprint density at radius 1 is 0.969 bits per heavy atom. The largest absolute Gasteiger partial charge is 0.496 e. The predicted molar refractivity (Wildman–Crippen MR) is 119 cm³/mol. The Balaban J connectivity index is 1.60. The van der Waals surface area contributed by atoms with Crippen LogP contribution in [-0.2, 0) is 0 Å². The van der Waals surface area contributed by atoms with Crippen LogP contribution < -0.4 is 15.5 Å². The number of guanidine groups is 1. The van der Waals surface area contributed by atoms with Crippen LogP contribution in [0.4, 0.5) is 0 Å². The van der Waals surface area contributed by atoms with E-state index in [0.717, 1.165) is 0 Å². The number of ether oxygens (including phenoxy) is 1. The van der Waals surface area contributed by atoms with Crippen LogP contribution in [0, 0.1) is 0 Å². The molecule has 0 saturated carbocycles. The number of nitrogens with zero attached hydrogens (tertiary/aromatic N) is 4. The summed E-state index contributed by atoms with van der Waals surface area (Å²) in [5.41, 5.74) is 0.326. The average molecular weight is 447 g/mol. The van der Waals surface area contributed by atoms with Crippen molar-refractivity contribution < 1.29 is 19.7 Å². The van der Waals surface area contributed by atoms with E-state index in [0.29, 0.717) is 21.5 Å². The van der Waals surface area contributed by atoms with Crippen LogP contribution >= 0.6 is 11.6 Å². The lowest BCUT2D eigenvalue weighted by molar-refractivity contribution is 0.1000. The Hall–Kier alpha value is -4.17. The van der Waals surface area contributed by atoms with Crippen molar-refractivity contribution in [2.45, 2.75) is 0 Å². The normalized spacial score (nSPS) is 12.2. The molecule has 0 bridgehead atoms. The van der Waals surface area contributed by atoms with E-state index >= 15 is 0 Å². The lowest BCUT2D eigenvalue weighted by atomic mass is 10.1. The monoisotopic (exact) mass is 446 g/mol. The summed E-state index contributed by atoms with van der Waals surface area (Å²) in [5, 5.41) is 23.6. The third-order valence-electron chi connectivity index (χ3n) is 5.10. The summed E-state index contributed by atoms with van der Waals surface area (Å²) in [5.74, 6) is -0.835. The first-order chi connectivity index (χ1) is 15.5. The molecule has 0 unspecified atom stereocenters. The van der Waals surface area contributed by atoms with Gasteiger partial charge in [-0.1, -0.05) is 35.9 Å². The first-order valence-corrected chi connectivity index (χ1v) is 9.90. The Labute approximate surface area is 186 Å². The lowest BCUT2D eigenvalue weighted by Crippen LogP contribution is -2.19. The molecular formula is C23H15ClN4O4. The minimum atomic E-state index is -0.642. The number of hydrogen-bond acceptors (Lipinski definition) is 4. The molecule has 0 radical (unpaired) electrons. The molecule has 9 heteroatoms. The number of carbonyl (C=O) groups excluding carboxylic acids is 1. The number of carbonyl (C=O) groups is 1. The molecule has 4 aromatic rings. The number of halogens is 1. The molecule has 0 spiro atoms. The molecule has 1 aromatic heterocycles. The minimum absolute atomic E-state index is 0.0328. The molecule has 8 nitrogen and oxygen atoms in total. The van der Waals surface area contributed by atoms with E-state index in [4.69, 9.17) is 16.3 Å². The van der Waals surface area contributed by atoms with Gasteiger partial charge in [0.2, 0.25) is 11.8 Å².